The summed E-state index contributed by atoms with van der Waals surface area (Å²) < 4.78 is 0. The molecule has 1 N–H and O–H groups in total. The Morgan fingerprint density at radius 1 is 1.25 bits per heavy atom. The van der Waals surface area contributed by atoms with Crippen LogP contribution in [0.3, 0.4) is 0 Å². The molecule has 3 nitrogen and oxygen atoms in total. The fourth-order valence-electron chi connectivity index (χ4n) is 1.74. The van der Waals surface area contributed by atoms with Gasteiger partial charge in [0.1, 0.15) is 11.2 Å². The molecule has 0 heterocycles. The Hall–Kier alpha value is -1.47. The number of hydrogen-bond acceptors (Lipinski definition) is 4. The molecule has 0 atom stereocenters. The highest BCUT2D eigenvalue weighted by molar-refractivity contribution is 8.03. The van der Waals surface area contributed by atoms with Crippen molar-refractivity contribution >= 4 is 17.5 Å². The maximum atomic E-state index is 11.5. The van der Waals surface area contributed by atoms with Gasteiger partial charge in [-0.05, 0) is 56.1 Å². The first-order valence-electron chi connectivity index (χ1n) is 4.81. The smallest absolute Gasteiger partial charge is 0.163 e. The minimum Gasteiger partial charge on any atom is -0.507 e. The Morgan fingerprint density at radius 3 is 2.25 bits per heavy atom. The standard InChI is InChI=1S/C12H13NO2S/c1-6-7(2)12(16-5-13)8(3)10(9(4)14)11(6)15/h15H,1-4H3. The number of Topliss-reactive ketones (excluding diaryl/α,β-unsaturated/α-hetero) is 1. The van der Waals surface area contributed by atoms with Crippen LogP contribution < -0.4 is 0 Å². The van der Waals surface area contributed by atoms with E-state index in [9.17, 15) is 9.90 Å². The van der Waals surface area contributed by atoms with Crippen molar-refractivity contribution < 1.29 is 9.90 Å². The van der Waals surface area contributed by atoms with E-state index in [4.69, 9.17) is 5.26 Å². The van der Waals surface area contributed by atoms with Crippen molar-refractivity contribution in [3.8, 4) is 11.2 Å². The number of ketones is 1. The van der Waals surface area contributed by atoms with Crippen molar-refractivity contribution in [2.45, 2.75) is 32.6 Å². The van der Waals surface area contributed by atoms with Crippen LogP contribution in [0.1, 0.15) is 34.0 Å². The number of hydrogen-bond donors (Lipinski definition) is 1. The van der Waals surface area contributed by atoms with Gasteiger partial charge in [0, 0.05) is 4.90 Å². The summed E-state index contributed by atoms with van der Waals surface area (Å²) in [6, 6.07) is 0. The third kappa shape index (κ3) is 1.91. The van der Waals surface area contributed by atoms with Gasteiger partial charge in [0.05, 0.1) is 5.56 Å². The molecule has 0 unspecified atom stereocenters. The van der Waals surface area contributed by atoms with Crippen molar-refractivity contribution in [1.29, 1.82) is 5.26 Å². The summed E-state index contributed by atoms with van der Waals surface area (Å²) in [5, 5.41) is 20.6. The Kier molecular flexibility index (Phi) is 3.61. The van der Waals surface area contributed by atoms with E-state index in [1.165, 1.54) is 6.92 Å². The normalized spacial score (nSPS) is 9.94. The van der Waals surface area contributed by atoms with E-state index in [-0.39, 0.29) is 11.5 Å². The molecule has 16 heavy (non-hydrogen) atoms. The monoisotopic (exact) mass is 235 g/mol. The summed E-state index contributed by atoms with van der Waals surface area (Å²) in [4.78, 5) is 12.2. The van der Waals surface area contributed by atoms with Gasteiger partial charge in [-0.2, -0.15) is 5.26 Å². The van der Waals surface area contributed by atoms with Gasteiger partial charge in [-0.25, -0.2) is 0 Å². The minimum atomic E-state index is -0.183. The largest absolute Gasteiger partial charge is 0.507 e. The maximum absolute atomic E-state index is 11.5. The van der Waals surface area contributed by atoms with E-state index >= 15 is 0 Å². The Balaban J connectivity index is 3.67. The van der Waals surface area contributed by atoms with E-state index in [0.717, 1.165) is 22.2 Å². The molecule has 1 aromatic rings. The number of carbonyl (C=O) groups is 1. The lowest BCUT2D eigenvalue weighted by Gasteiger charge is -2.15. The van der Waals surface area contributed by atoms with Crippen LogP contribution in [0, 0.1) is 31.4 Å². The highest BCUT2D eigenvalue weighted by Gasteiger charge is 2.19. The molecule has 0 aliphatic carbocycles. The summed E-state index contributed by atoms with van der Waals surface area (Å²) in [7, 11) is 0. The molecular weight excluding hydrogens is 222 g/mol. The number of carbonyl (C=O) groups excluding carboxylic acids is 1. The number of nitrogens with zero attached hydrogens (tertiary/aromatic N) is 1. The molecule has 1 aromatic carbocycles. The third-order valence-corrected chi connectivity index (χ3v) is 3.62. The second-order valence-corrected chi connectivity index (χ2v) is 4.47. The molecule has 0 fully saturated rings. The first kappa shape index (κ1) is 12.6. The second-order valence-electron chi connectivity index (χ2n) is 3.68. The van der Waals surface area contributed by atoms with Crippen LogP contribution in [0.5, 0.6) is 5.75 Å². The number of benzene rings is 1. The predicted molar refractivity (Wildman–Crippen MR) is 63.8 cm³/mol. The Morgan fingerprint density at radius 2 is 1.81 bits per heavy atom. The van der Waals surface area contributed by atoms with Gasteiger partial charge in [-0.15, -0.1) is 0 Å². The molecule has 84 valence electrons. The van der Waals surface area contributed by atoms with Gasteiger partial charge in [-0.3, -0.25) is 4.79 Å². The fraction of sp³-hybridized carbons (Fsp3) is 0.333. The molecule has 0 saturated carbocycles. The number of nitriles is 1. The van der Waals surface area contributed by atoms with Crippen molar-refractivity contribution in [3.63, 3.8) is 0 Å². The van der Waals surface area contributed by atoms with Crippen LogP contribution in [0.2, 0.25) is 0 Å². The van der Waals surface area contributed by atoms with Crippen molar-refractivity contribution in [3.05, 3.63) is 22.3 Å². The van der Waals surface area contributed by atoms with E-state index in [1.54, 1.807) is 13.8 Å². The van der Waals surface area contributed by atoms with E-state index in [2.05, 4.69) is 0 Å². The molecule has 0 aliphatic rings. The molecule has 0 aliphatic heterocycles. The average Bonchev–Trinajstić information content (AvgIpc) is 2.21. The van der Waals surface area contributed by atoms with Crippen LogP contribution >= 0.6 is 11.8 Å². The highest BCUT2D eigenvalue weighted by Crippen LogP contribution is 2.37. The predicted octanol–water partition coefficient (Wildman–Crippen LogP) is 3.09. The average molecular weight is 235 g/mol. The summed E-state index contributed by atoms with van der Waals surface area (Å²) in [5.41, 5.74) is 2.51. The van der Waals surface area contributed by atoms with Crippen LogP contribution in [-0.2, 0) is 0 Å². The minimum absolute atomic E-state index is 0.0322. The lowest BCUT2D eigenvalue weighted by Crippen LogP contribution is -2.02. The van der Waals surface area contributed by atoms with Crippen molar-refractivity contribution in [1.82, 2.24) is 0 Å². The zero-order chi connectivity index (χ0) is 12.5. The highest BCUT2D eigenvalue weighted by atomic mass is 32.2. The van der Waals surface area contributed by atoms with Crippen LogP contribution in [0.4, 0.5) is 0 Å². The molecule has 0 aromatic heterocycles. The van der Waals surface area contributed by atoms with Crippen molar-refractivity contribution in [2.24, 2.45) is 0 Å². The van der Waals surface area contributed by atoms with Crippen LogP contribution in [0.25, 0.3) is 0 Å². The maximum Gasteiger partial charge on any atom is 0.163 e. The van der Waals surface area contributed by atoms with Crippen LogP contribution in [-0.4, -0.2) is 10.9 Å². The number of aromatic hydroxyl groups is 1. The molecule has 0 radical (unpaired) electrons. The van der Waals surface area contributed by atoms with Gasteiger partial charge >= 0.3 is 0 Å². The number of phenolic OH excluding ortho intramolecular Hbond substituents is 1. The second kappa shape index (κ2) is 4.58. The molecule has 0 saturated heterocycles. The Bertz CT molecular complexity index is 501. The molecule has 0 amide bonds. The quantitative estimate of drug-likeness (QED) is 0.486. The number of rotatable bonds is 2. The first-order valence-corrected chi connectivity index (χ1v) is 5.63. The zero-order valence-corrected chi connectivity index (χ0v) is 10.5. The number of thioether (sulfide) groups is 1. The summed E-state index contributed by atoms with van der Waals surface area (Å²) in [6.45, 7) is 6.75. The van der Waals surface area contributed by atoms with Gasteiger partial charge in [0.2, 0.25) is 0 Å². The molecule has 0 bridgehead atoms. The van der Waals surface area contributed by atoms with Gasteiger partial charge in [-0.1, -0.05) is 0 Å². The zero-order valence-electron chi connectivity index (χ0n) is 9.71. The third-order valence-electron chi connectivity index (χ3n) is 2.71. The summed E-state index contributed by atoms with van der Waals surface area (Å²) >= 11 is 1.03. The first-order chi connectivity index (χ1) is 7.41. The fourth-order valence-corrected chi connectivity index (χ4v) is 2.39. The molecule has 0 spiro atoms. The number of phenols is 1. The van der Waals surface area contributed by atoms with E-state index < -0.39 is 0 Å². The van der Waals surface area contributed by atoms with Gasteiger partial charge in [0.25, 0.3) is 0 Å². The van der Waals surface area contributed by atoms with E-state index in [1.807, 2.05) is 12.3 Å². The molecule has 1 rings (SSSR count). The van der Waals surface area contributed by atoms with Gasteiger partial charge < -0.3 is 5.11 Å². The lowest BCUT2D eigenvalue weighted by molar-refractivity contribution is 0.101. The van der Waals surface area contributed by atoms with Gasteiger partial charge in [0.15, 0.2) is 5.78 Å². The van der Waals surface area contributed by atoms with Crippen LogP contribution in [0.15, 0.2) is 4.90 Å². The topological polar surface area (TPSA) is 61.1 Å². The number of thiocyanates is 1. The molecular formula is C12H13NO2S. The lowest BCUT2D eigenvalue weighted by atomic mass is 9.97. The van der Waals surface area contributed by atoms with Crippen molar-refractivity contribution in [2.75, 3.05) is 0 Å². The Labute approximate surface area is 99.1 Å². The SMILES string of the molecule is CC(=O)c1c(C)c(SC#N)c(C)c(C)c1O. The summed E-state index contributed by atoms with van der Waals surface area (Å²) in [6.07, 6.45) is 0. The molecule has 4 heteroatoms. The van der Waals surface area contributed by atoms with E-state index in [0.29, 0.717) is 16.7 Å². The summed E-state index contributed by atoms with van der Waals surface area (Å²) in [5.74, 6) is -0.150.